The summed E-state index contributed by atoms with van der Waals surface area (Å²) < 4.78 is 43.6. The van der Waals surface area contributed by atoms with E-state index in [4.69, 9.17) is 15.9 Å². The van der Waals surface area contributed by atoms with Crippen LogP contribution in [0.15, 0.2) is 23.5 Å². The lowest BCUT2D eigenvalue weighted by Crippen LogP contribution is -2.25. The molecule has 1 heterocycles. The molecule has 0 radical (unpaired) electrons. The molecular weight excluding hydrogens is 285 g/mol. The maximum atomic E-state index is 12.7. The monoisotopic (exact) mass is 300 g/mol. The largest absolute Gasteiger partial charge is 0.480 e. The van der Waals surface area contributed by atoms with Gasteiger partial charge in [-0.15, -0.1) is 0 Å². The number of allylic oxidation sites excluding steroid dienone is 1. The van der Waals surface area contributed by atoms with Crippen LogP contribution >= 0.6 is 0 Å². The molecule has 0 saturated carbocycles. The van der Waals surface area contributed by atoms with Crippen LogP contribution in [-0.4, -0.2) is 24.4 Å². The normalized spacial score (nSPS) is 18.8. The van der Waals surface area contributed by atoms with Gasteiger partial charge in [0, 0.05) is 19.5 Å². The summed E-state index contributed by atoms with van der Waals surface area (Å²) in [5, 5.41) is 10.2. The maximum absolute atomic E-state index is 12.7. The fourth-order valence-corrected chi connectivity index (χ4v) is 2.22. The highest BCUT2D eigenvalue weighted by Crippen LogP contribution is 2.35. The van der Waals surface area contributed by atoms with E-state index in [1.54, 1.807) is 7.05 Å². The van der Waals surface area contributed by atoms with E-state index in [1.807, 2.05) is 0 Å². The number of alkyl halides is 3. The summed E-state index contributed by atoms with van der Waals surface area (Å²) in [6.07, 6.45) is -1.89. The Labute approximate surface area is 119 Å². The lowest BCUT2D eigenvalue weighted by atomic mass is 10.2. The number of nitrogens with one attached hydrogen (secondary N) is 2. The van der Waals surface area contributed by atoms with E-state index in [-0.39, 0.29) is 11.6 Å². The molecule has 0 bridgehead atoms. The van der Waals surface area contributed by atoms with Gasteiger partial charge >= 0.3 is 6.18 Å². The second-order valence-electron chi connectivity index (χ2n) is 4.58. The van der Waals surface area contributed by atoms with Crippen molar-refractivity contribution in [2.45, 2.75) is 25.1 Å². The molecule has 1 aliphatic carbocycles. The first-order valence-electron chi connectivity index (χ1n) is 6.27. The van der Waals surface area contributed by atoms with Crippen molar-refractivity contribution < 1.29 is 17.9 Å². The van der Waals surface area contributed by atoms with Gasteiger partial charge in [0.1, 0.15) is 6.10 Å². The predicted octanol–water partition coefficient (Wildman–Crippen LogP) is 2.35. The first kappa shape index (κ1) is 15.1. The maximum Gasteiger partial charge on any atom is 0.418 e. The fourth-order valence-electron chi connectivity index (χ4n) is 2.22. The number of halogens is 3. The molecule has 1 aromatic rings. The van der Waals surface area contributed by atoms with E-state index in [0.29, 0.717) is 24.7 Å². The average molecular weight is 300 g/mol. The van der Waals surface area contributed by atoms with Gasteiger partial charge in [0.2, 0.25) is 0 Å². The first-order chi connectivity index (χ1) is 9.86. The predicted molar refractivity (Wildman–Crippen MR) is 72.2 cm³/mol. The minimum atomic E-state index is -4.50. The van der Waals surface area contributed by atoms with Crippen LogP contribution in [0.25, 0.3) is 0 Å². The van der Waals surface area contributed by atoms with E-state index in [0.717, 1.165) is 11.6 Å². The third-order valence-corrected chi connectivity index (χ3v) is 3.27. The van der Waals surface area contributed by atoms with E-state index >= 15 is 0 Å². The number of hydrogen-bond donors (Lipinski definition) is 3. The Morgan fingerprint density at radius 2 is 2.24 bits per heavy atom. The molecule has 0 aliphatic heterocycles. The molecule has 2 rings (SSSR count). The molecule has 1 atom stereocenters. The molecule has 21 heavy (non-hydrogen) atoms. The van der Waals surface area contributed by atoms with E-state index < -0.39 is 17.8 Å². The minimum Gasteiger partial charge on any atom is -0.480 e. The number of aromatic nitrogens is 1. The lowest BCUT2D eigenvalue weighted by molar-refractivity contribution is -0.137. The van der Waals surface area contributed by atoms with Crippen molar-refractivity contribution >= 4 is 12.0 Å². The molecule has 5 nitrogen and oxygen atoms in total. The number of nitrogens with two attached hydrogens (primary N) is 1. The average Bonchev–Trinajstić information content (AvgIpc) is 2.81. The van der Waals surface area contributed by atoms with Gasteiger partial charge in [-0.2, -0.15) is 13.2 Å². The van der Waals surface area contributed by atoms with Gasteiger partial charge in [-0.05, 0) is 24.5 Å². The summed E-state index contributed by atoms with van der Waals surface area (Å²) in [5.74, 6) is -0.199. The number of ether oxygens (including phenoxy) is 1. The molecule has 8 heteroatoms. The third kappa shape index (κ3) is 3.09. The smallest absolute Gasteiger partial charge is 0.418 e. The van der Waals surface area contributed by atoms with Gasteiger partial charge in [-0.1, -0.05) is 0 Å². The number of hydrogen-bond acceptors (Lipinski definition) is 5. The van der Waals surface area contributed by atoms with E-state index in [2.05, 4.69) is 10.3 Å². The van der Waals surface area contributed by atoms with Crippen LogP contribution in [0.4, 0.5) is 19.0 Å². The van der Waals surface area contributed by atoms with Crippen molar-refractivity contribution in [3.05, 3.63) is 29.1 Å². The Morgan fingerprint density at radius 3 is 2.81 bits per heavy atom. The van der Waals surface area contributed by atoms with Gasteiger partial charge in [0.15, 0.2) is 11.6 Å². The Kier molecular flexibility index (Phi) is 4.06. The molecule has 1 unspecified atom stereocenters. The number of pyridine rings is 1. The zero-order valence-corrected chi connectivity index (χ0v) is 11.3. The zero-order valence-electron chi connectivity index (χ0n) is 11.3. The van der Waals surface area contributed by atoms with Gasteiger partial charge in [0.05, 0.1) is 11.3 Å². The summed E-state index contributed by atoms with van der Waals surface area (Å²) in [6, 6.07) is 0.845. The standard InChI is InChI=1S/C13H15F3N4O/c1-19-11-7(5-17)2-3-9(11)21-10-4-8(13(14,15)16)6-20-12(10)18/h4-6,9,17,19H,2-3H2,1H3,(H2,18,20). The van der Waals surface area contributed by atoms with Crippen LogP contribution in [0, 0.1) is 5.41 Å². The molecule has 1 aliphatic rings. The van der Waals surface area contributed by atoms with E-state index in [1.165, 1.54) is 6.21 Å². The summed E-state index contributed by atoms with van der Waals surface area (Å²) in [6.45, 7) is 0. The van der Waals surface area contributed by atoms with Crippen molar-refractivity contribution in [2.24, 2.45) is 0 Å². The van der Waals surface area contributed by atoms with Crippen molar-refractivity contribution in [3.8, 4) is 5.75 Å². The molecule has 1 aromatic heterocycles. The summed E-state index contributed by atoms with van der Waals surface area (Å²) in [4.78, 5) is 3.53. The summed E-state index contributed by atoms with van der Waals surface area (Å²) in [5.41, 5.74) is 6.12. The summed E-state index contributed by atoms with van der Waals surface area (Å²) in [7, 11) is 1.67. The van der Waals surface area contributed by atoms with Gasteiger partial charge in [-0.3, -0.25) is 0 Å². The van der Waals surface area contributed by atoms with E-state index in [9.17, 15) is 13.2 Å². The van der Waals surface area contributed by atoms with Crippen molar-refractivity contribution in [1.82, 2.24) is 10.3 Å². The molecule has 0 spiro atoms. The molecule has 0 saturated heterocycles. The minimum absolute atomic E-state index is 0.0956. The first-order valence-corrected chi connectivity index (χ1v) is 6.27. The highest BCUT2D eigenvalue weighted by molar-refractivity contribution is 5.78. The summed E-state index contributed by atoms with van der Waals surface area (Å²) >= 11 is 0. The Balaban J connectivity index is 2.28. The number of nitrogen functional groups attached to an aromatic ring is 1. The molecule has 0 aromatic carbocycles. The second kappa shape index (κ2) is 5.63. The number of nitrogens with zero attached hydrogens (tertiary/aromatic N) is 1. The van der Waals surface area contributed by atoms with Crippen LogP contribution < -0.4 is 15.8 Å². The van der Waals surface area contributed by atoms with Crippen LogP contribution in [0.5, 0.6) is 5.75 Å². The second-order valence-corrected chi connectivity index (χ2v) is 4.58. The molecule has 114 valence electrons. The molecule has 4 N–H and O–H groups in total. The Morgan fingerprint density at radius 1 is 1.52 bits per heavy atom. The molecular formula is C13H15F3N4O. The zero-order chi connectivity index (χ0) is 15.6. The fraction of sp³-hybridized carbons (Fsp3) is 0.385. The van der Waals surface area contributed by atoms with Gasteiger partial charge in [0.25, 0.3) is 0 Å². The van der Waals surface area contributed by atoms with Crippen LogP contribution in [-0.2, 0) is 6.18 Å². The van der Waals surface area contributed by atoms with Crippen LogP contribution in [0.2, 0.25) is 0 Å². The molecule has 0 fully saturated rings. The van der Waals surface area contributed by atoms with Crippen LogP contribution in [0.3, 0.4) is 0 Å². The SMILES string of the molecule is CNC1=C(C=N)CCC1Oc1cc(C(F)(F)F)cnc1N. The van der Waals surface area contributed by atoms with Gasteiger partial charge < -0.3 is 21.2 Å². The van der Waals surface area contributed by atoms with Crippen molar-refractivity contribution in [1.29, 1.82) is 5.41 Å². The van der Waals surface area contributed by atoms with Crippen LogP contribution in [0.1, 0.15) is 18.4 Å². The third-order valence-electron chi connectivity index (χ3n) is 3.27. The quantitative estimate of drug-likeness (QED) is 0.745. The van der Waals surface area contributed by atoms with Crippen molar-refractivity contribution in [2.75, 3.05) is 12.8 Å². The lowest BCUT2D eigenvalue weighted by Gasteiger charge is -2.19. The highest BCUT2D eigenvalue weighted by atomic mass is 19.4. The number of likely N-dealkylation sites (N-methyl/N-ethyl adjacent to an activating group) is 1. The molecule has 0 amide bonds. The highest BCUT2D eigenvalue weighted by Gasteiger charge is 2.33. The Bertz CT molecular complexity index is 583. The Hall–Kier alpha value is -2.25. The topological polar surface area (TPSA) is 84.0 Å². The number of anilines is 1. The van der Waals surface area contributed by atoms with Crippen molar-refractivity contribution in [3.63, 3.8) is 0 Å². The van der Waals surface area contributed by atoms with Gasteiger partial charge in [-0.25, -0.2) is 4.98 Å². The number of rotatable bonds is 4.